The Balaban J connectivity index is 2.63. The van der Waals surface area contributed by atoms with Gasteiger partial charge in [-0.3, -0.25) is 4.90 Å². The summed E-state index contributed by atoms with van der Waals surface area (Å²) in [4.78, 5) is 23.7. The van der Waals surface area contributed by atoms with E-state index in [2.05, 4.69) is 0 Å². The molecule has 1 N–H and O–H groups in total. The number of carbonyl (C=O) groups is 2. The number of carbonyl (C=O) groups excluding carboxylic acids is 1. The molecule has 1 heterocycles. The number of rotatable bonds is 1. The van der Waals surface area contributed by atoms with Crippen molar-refractivity contribution in [1.29, 1.82) is 0 Å². The van der Waals surface area contributed by atoms with E-state index >= 15 is 0 Å². The van der Waals surface area contributed by atoms with Gasteiger partial charge in [-0.1, -0.05) is 0 Å². The van der Waals surface area contributed by atoms with Crippen LogP contribution in [0.25, 0.3) is 0 Å². The maximum atomic E-state index is 11.6. The van der Waals surface area contributed by atoms with Crippen molar-refractivity contribution in [3.8, 4) is 0 Å². The zero-order valence-corrected chi connectivity index (χ0v) is 9.32. The molecule has 0 aromatic carbocycles. The molecule has 1 rings (SSSR count). The van der Waals surface area contributed by atoms with Gasteiger partial charge in [0.2, 0.25) is 0 Å². The van der Waals surface area contributed by atoms with Gasteiger partial charge in [-0.2, -0.15) is 0 Å². The maximum absolute atomic E-state index is 11.6. The number of hydrogen-bond acceptors (Lipinski definition) is 3. The van der Waals surface area contributed by atoms with Crippen LogP contribution in [0.1, 0.15) is 33.6 Å². The molecule has 1 amide bonds. The molecule has 5 heteroatoms. The first-order valence-corrected chi connectivity index (χ1v) is 5.04. The molecule has 1 atom stereocenters. The number of ether oxygens (including phenoxy) is 1. The lowest BCUT2D eigenvalue weighted by atomic mass is 10.2. The van der Waals surface area contributed by atoms with Gasteiger partial charge >= 0.3 is 12.1 Å². The van der Waals surface area contributed by atoms with Crippen molar-refractivity contribution in [1.82, 2.24) is 4.90 Å². The molecule has 0 saturated carbocycles. The minimum Gasteiger partial charge on any atom is -0.480 e. The van der Waals surface area contributed by atoms with E-state index in [1.54, 1.807) is 20.8 Å². The van der Waals surface area contributed by atoms with Gasteiger partial charge in [0.15, 0.2) is 0 Å². The normalized spacial score (nSPS) is 21.5. The number of nitrogens with zero attached hydrogens (tertiary/aromatic N) is 1. The highest BCUT2D eigenvalue weighted by molar-refractivity contribution is 5.80. The van der Waals surface area contributed by atoms with Gasteiger partial charge in [0.25, 0.3) is 0 Å². The molecule has 0 aliphatic carbocycles. The average molecular weight is 216 g/mol. The first kappa shape index (κ1) is 11.8. The fourth-order valence-corrected chi connectivity index (χ4v) is 1.56. The third-order valence-corrected chi connectivity index (χ3v) is 2.17. The van der Waals surface area contributed by atoms with Crippen LogP contribution >= 0.6 is 0 Å². The second-order valence-corrected chi connectivity index (χ2v) is 4.67. The lowest BCUT2D eigenvalue weighted by Crippen LogP contribution is -2.43. The summed E-state index contributed by atoms with van der Waals surface area (Å²) in [5.41, 5.74) is -0.581. The van der Waals surface area contributed by atoms with Crippen LogP contribution in [0, 0.1) is 0 Å². The van der Waals surface area contributed by atoms with Crippen LogP contribution in [0.5, 0.6) is 0 Å². The largest absolute Gasteiger partial charge is 0.480 e. The van der Waals surface area contributed by atoms with Crippen molar-refractivity contribution < 1.29 is 19.4 Å². The molecule has 5 nitrogen and oxygen atoms in total. The number of amides is 1. The van der Waals surface area contributed by atoms with Crippen molar-refractivity contribution >= 4 is 12.1 Å². The second kappa shape index (κ2) is 4.08. The smallest absolute Gasteiger partial charge is 0.411 e. The number of hydrogen-bond donors (Lipinski definition) is 1. The van der Waals surface area contributed by atoms with Crippen molar-refractivity contribution in [2.45, 2.75) is 45.3 Å². The fourth-order valence-electron chi connectivity index (χ4n) is 1.56. The summed E-state index contributed by atoms with van der Waals surface area (Å²) in [6.07, 6.45) is 0.692. The summed E-state index contributed by atoms with van der Waals surface area (Å²) in [7, 11) is 0. The predicted octanol–water partition coefficient (Wildman–Crippen LogP) is 1.47. The summed E-state index contributed by atoms with van der Waals surface area (Å²) in [5.74, 6) is -0.960. The predicted molar refractivity (Wildman–Crippen MR) is 53.6 cm³/mol. The lowest BCUT2D eigenvalue weighted by Gasteiger charge is -2.26. The van der Waals surface area contributed by atoms with Crippen LogP contribution in [0.2, 0.25) is 0 Å². The molecule has 0 radical (unpaired) electrons. The first-order valence-electron chi connectivity index (χ1n) is 5.04. The summed E-state index contributed by atoms with van der Waals surface area (Å²) < 4.78 is 5.13. The SMILES string of the molecule is CC(C)(C)OC(=O)N1CCCC1[13C](=O)O. The Hall–Kier alpha value is -1.26. The Morgan fingerprint density at radius 2 is 2.00 bits per heavy atom. The number of aliphatic carboxylic acids is 1. The zero-order chi connectivity index (χ0) is 11.6. The summed E-state index contributed by atoms with van der Waals surface area (Å²) in [5, 5.41) is 8.88. The summed E-state index contributed by atoms with van der Waals surface area (Å²) >= 11 is 0. The van der Waals surface area contributed by atoms with E-state index < -0.39 is 23.7 Å². The molecule has 1 saturated heterocycles. The van der Waals surface area contributed by atoms with E-state index in [1.807, 2.05) is 0 Å². The Bertz CT molecular complexity index is 269. The molecule has 0 aromatic heterocycles. The van der Waals surface area contributed by atoms with E-state index in [4.69, 9.17) is 9.84 Å². The van der Waals surface area contributed by atoms with Crippen LogP contribution in [0.4, 0.5) is 4.79 Å². The average Bonchev–Trinajstić information content (AvgIpc) is 2.47. The van der Waals surface area contributed by atoms with E-state index in [-0.39, 0.29) is 0 Å². The molecule has 1 unspecified atom stereocenters. The highest BCUT2D eigenvalue weighted by Crippen LogP contribution is 2.20. The Morgan fingerprint density at radius 3 is 2.47 bits per heavy atom. The minimum absolute atomic E-state index is 0.464. The number of carboxylic acid groups (broad SMARTS) is 1. The van der Waals surface area contributed by atoms with Gasteiger partial charge in [0.1, 0.15) is 11.6 Å². The lowest BCUT2D eigenvalue weighted by molar-refractivity contribution is -0.142. The minimum atomic E-state index is -0.960. The van der Waals surface area contributed by atoms with Gasteiger partial charge in [0.05, 0.1) is 0 Å². The fraction of sp³-hybridized carbons (Fsp3) is 0.800. The zero-order valence-electron chi connectivity index (χ0n) is 9.32. The monoisotopic (exact) mass is 216 g/mol. The summed E-state index contributed by atoms with van der Waals surface area (Å²) in [6.45, 7) is 5.75. The van der Waals surface area contributed by atoms with E-state index in [0.29, 0.717) is 13.0 Å². The van der Waals surface area contributed by atoms with Gasteiger partial charge in [-0.25, -0.2) is 9.59 Å². The van der Waals surface area contributed by atoms with Crippen LogP contribution in [0.15, 0.2) is 0 Å². The van der Waals surface area contributed by atoms with E-state index in [9.17, 15) is 9.59 Å². The van der Waals surface area contributed by atoms with Crippen LogP contribution in [0.3, 0.4) is 0 Å². The molecule has 0 aromatic rings. The molecular formula is C10H17NO4. The molecule has 1 aliphatic heterocycles. The van der Waals surface area contributed by atoms with Crippen LogP contribution in [-0.2, 0) is 9.53 Å². The molecule has 0 bridgehead atoms. The molecule has 0 spiro atoms. The van der Waals surface area contributed by atoms with Crippen molar-refractivity contribution in [3.05, 3.63) is 0 Å². The van der Waals surface area contributed by atoms with Gasteiger partial charge < -0.3 is 9.84 Å². The highest BCUT2D eigenvalue weighted by Gasteiger charge is 2.36. The van der Waals surface area contributed by atoms with Gasteiger partial charge in [0, 0.05) is 6.54 Å². The van der Waals surface area contributed by atoms with E-state index in [1.165, 1.54) is 4.90 Å². The van der Waals surface area contributed by atoms with Crippen molar-refractivity contribution in [2.75, 3.05) is 6.54 Å². The first-order chi connectivity index (χ1) is 6.81. The number of likely N-dealkylation sites (tertiary alicyclic amines) is 1. The summed E-state index contributed by atoms with van der Waals surface area (Å²) in [6, 6.07) is -0.722. The Morgan fingerprint density at radius 1 is 1.40 bits per heavy atom. The van der Waals surface area contributed by atoms with Crippen LogP contribution in [-0.4, -0.2) is 40.3 Å². The molecule has 1 aliphatic rings. The molecule has 1 fully saturated rings. The Labute approximate surface area is 89.0 Å². The highest BCUT2D eigenvalue weighted by atomic mass is 16.6. The second-order valence-electron chi connectivity index (χ2n) is 4.67. The molecular weight excluding hydrogens is 199 g/mol. The van der Waals surface area contributed by atoms with Crippen molar-refractivity contribution in [2.24, 2.45) is 0 Å². The topological polar surface area (TPSA) is 66.8 Å². The third kappa shape index (κ3) is 3.11. The van der Waals surface area contributed by atoms with Crippen LogP contribution < -0.4 is 0 Å². The van der Waals surface area contributed by atoms with E-state index in [0.717, 1.165) is 6.42 Å². The molecule has 86 valence electrons. The molecule has 15 heavy (non-hydrogen) atoms. The van der Waals surface area contributed by atoms with Crippen molar-refractivity contribution in [3.63, 3.8) is 0 Å². The number of carboxylic acids is 1. The maximum Gasteiger partial charge on any atom is 0.411 e. The standard InChI is InChI=1S/C10H17NO4/c1-10(2,3)15-9(14)11-6-4-5-7(11)8(12)13/h7H,4-6H2,1-3H3,(H,12,13)/i8+1. The third-order valence-electron chi connectivity index (χ3n) is 2.17. The van der Waals surface area contributed by atoms with Gasteiger partial charge in [-0.05, 0) is 33.6 Å². The quantitative estimate of drug-likeness (QED) is 0.674. The Kier molecular flexibility index (Phi) is 3.21. The van der Waals surface area contributed by atoms with Gasteiger partial charge in [-0.15, -0.1) is 0 Å².